The van der Waals surface area contributed by atoms with Crippen molar-refractivity contribution in [2.75, 3.05) is 29.9 Å². The average Bonchev–Trinajstić information content (AvgIpc) is 2.88. The van der Waals surface area contributed by atoms with E-state index in [-0.39, 0.29) is 18.3 Å². The normalized spacial score (nSPS) is 13.8. The maximum atomic E-state index is 12.7. The summed E-state index contributed by atoms with van der Waals surface area (Å²) in [4.78, 5) is 30.5. The number of benzene rings is 1. The van der Waals surface area contributed by atoms with E-state index in [4.69, 9.17) is 11.6 Å². The Balaban J connectivity index is 1.88. The number of imidazole rings is 1. The summed E-state index contributed by atoms with van der Waals surface area (Å²) in [5, 5.41) is 11.4. The number of carbonyl (C=O) groups excluding carboxylic acids is 1. The number of nitro groups is 1. The van der Waals surface area contributed by atoms with Gasteiger partial charge in [0, 0.05) is 32.1 Å². The van der Waals surface area contributed by atoms with E-state index in [0.717, 1.165) is 11.4 Å². The summed E-state index contributed by atoms with van der Waals surface area (Å²) in [6.45, 7) is 2.85. The van der Waals surface area contributed by atoms with Crippen molar-refractivity contribution >= 4 is 34.7 Å². The molecule has 2 aromatic rings. The molecule has 0 unspecified atom stereocenters. The second-order valence-corrected chi connectivity index (χ2v) is 6.07. The highest BCUT2D eigenvalue weighted by Crippen LogP contribution is 2.34. The maximum absolute atomic E-state index is 12.7. The second kappa shape index (κ2) is 6.12. The Kier molecular flexibility index (Phi) is 4.15. The molecule has 0 saturated heterocycles. The van der Waals surface area contributed by atoms with Gasteiger partial charge in [0.15, 0.2) is 0 Å². The van der Waals surface area contributed by atoms with Crippen LogP contribution in [0.15, 0.2) is 24.4 Å². The molecule has 3 rings (SSSR count). The lowest BCUT2D eigenvalue weighted by Crippen LogP contribution is -2.44. The van der Waals surface area contributed by atoms with Crippen LogP contribution in [0, 0.1) is 17.0 Å². The lowest BCUT2D eigenvalue weighted by Gasteiger charge is -2.35. The molecule has 1 aliphatic heterocycles. The van der Waals surface area contributed by atoms with Gasteiger partial charge in [-0.05, 0) is 28.1 Å². The smallest absolute Gasteiger partial charge is 0.371 e. The molecule has 1 aromatic carbocycles. The summed E-state index contributed by atoms with van der Waals surface area (Å²) in [7, 11) is 1.96. The third kappa shape index (κ3) is 2.92. The molecule has 0 N–H and O–H groups in total. The molecule has 0 atom stereocenters. The predicted molar refractivity (Wildman–Crippen MR) is 90.7 cm³/mol. The number of fused-ring (bicyclic) bond motifs is 1. The number of anilines is 2. The largest absolute Gasteiger partial charge is 0.381 e. The van der Waals surface area contributed by atoms with Gasteiger partial charge in [-0.1, -0.05) is 11.6 Å². The molecule has 1 aromatic heterocycles. The summed E-state index contributed by atoms with van der Waals surface area (Å²) in [6.07, 6.45) is 1.28. The van der Waals surface area contributed by atoms with Crippen LogP contribution in [0.25, 0.3) is 0 Å². The van der Waals surface area contributed by atoms with Crippen molar-refractivity contribution in [3.63, 3.8) is 0 Å². The summed E-state index contributed by atoms with van der Waals surface area (Å²) in [5.74, 6) is -0.000341. The highest BCUT2D eigenvalue weighted by Gasteiger charge is 2.27. The van der Waals surface area contributed by atoms with Crippen molar-refractivity contribution in [3.05, 3.63) is 45.4 Å². The van der Waals surface area contributed by atoms with E-state index in [2.05, 4.69) is 9.88 Å². The van der Waals surface area contributed by atoms with E-state index in [1.165, 1.54) is 10.8 Å². The van der Waals surface area contributed by atoms with E-state index < -0.39 is 4.92 Å². The quantitative estimate of drug-likeness (QED) is 0.626. The molecule has 0 radical (unpaired) electrons. The molecular formula is C15H16ClN5O3. The van der Waals surface area contributed by atoms with Crippen molar-refractivity contribution in [1.82, 2.24) is 9.55 Å². The van der Waals surface area contributed by atoms with Crippen LogP contribution < -0.4 is 9.80 Å². The average molecular weight is 350 g/mol. The lowest BCUT2D eigenvalue weighted by molar-refractivity contribution is -0.389. The van der Waals surface area contributed by atoms with Gasteiger partial charge in [0.1, 0.15) is 12.7 Å². The fourth-order valence-corrected chi connectivity index (χ4v) is 2.92. The van der Waals surface area contributed by atoms with Gasteiger partial charge < -0.3 is 19.9 Å². The molecule has 0 bridgehead atoms. The van der Waals surface area contributed by atoms with Gasteiger partial charge in [-0.15, -0.1) is 0 Å². The Bertz CT molecular complexity index is 819. The van der Waals surface area contributed by atoms with Crippen LogP contribution in [0.4, 0.5) is 17.2 Å². The Labute approximate surface area is 143 Å². The van der Waals surface area contributed by atoms with Gasteiger partial charge in [0.2, 0.25) is 11.7 Å². The first kappa shape index (κ1) is 16.3. The number of halogens is 1. The van der Waals surface area contributed by atoms with E-state index in [0.29, 0.717) is 23.9 Å². The minimum atomic E-state index is -0.571. The van der Waals surface area contributed by atoms with E-state index >= 15 is 0 Å². The number of aryl methyl sites for hydroxylation is 1. The van der Waals surface area contributed by atoms with E-state index in [9.17, 15) is 14.9 Å². The molecule has 1 aliphatic rings. The fraction of sp³-hybridized carbons (Fsp3) is 0.333. The topological polar surface area (TPSA) is 84.5 Å². The Morgan fingerprint density at radius 2 is 2.12 bits per heavy atom. The van der Waals surface area contributed by atoms with Crippen LogP contribution in [0.5, 0.6) is 0 Å². The first-order valence-corrected chi connectivity index (χ1v) is 7.74. The molecule has 0 fully saturated rings. The van der Waals surface area contributed by atoms with E-state index in [1.54, 1.807) is 24.0 Å². The van der Waals surface area contributed by atoms with Crippen LogP contribution in [-0.2, 0) is 11.3 Å². The summed E-state index contributed by atoms with van der Waals surface area (Å²) >= 11 is 6.07. The number of hydrogen-bond donors (Lipinski definition) is 0. The van der Waals surface area contributed by atoms with Crippen molar-refractivity contribution in [1.29, 1.82) is 0 Å². The van der Waals surface area contributed by atoms with Crippen LogP contribution >= 0.6 is 11.6 Å². The zero-order valence-electron chi connectivity index (χ0n) is 13.3. The maximum Gasteiger partial charge on any atom is 0.381 e. The molecule has 1 amide bonds. The first-order chi connectivity index (χ1) is 11.4. The zero-order valence-corrected chi connectivity index (χ0v) is 14.0. The van der Waals surface area contributed by atoms with Crippen molar-refractivity contribution in [2.45, 2.75) is 13.5 Å². The minimum absolute atomic E-state index is 0.0116. The number of amides is 1. The third-order valence-corrected chi connectivity index (χ3v) is 4.29. The standard InChI is InChI=1S/C15H16ClN5O3/c1-10-17-14(21(23)24)8-19(10)9-15(22)20-6-5-18(2)12-4-3-11(16)7-13(12)20/h3-4,7-8H,5-6,9H2,1-2H3. The molecule has 2 heterocycles. The van der Waals surface area contributed by atoms with Crippen molar-refractivity contribution in [2.24, 2.45) is 0 Å². The highest BCUT2D eigenvalue weighted by atomic mass is 35.5. The van der Waals surface area contributed by atoms with Crippen LogP contribution in [-0.4, -0.2) is 40.5 Å². The van der Waals surface area contributed by atoms with Crippen LogP contribution in [0.3, 0.4) is 0 Å². The Morgan fingerprint density at radius 1 is 1.38 bits per heavy atom. The predicted octanol–water partition coefficient (Wildman–Crippen LogP) is 2.24. The Morgan fingerprint density at radius 3 is 2.79 bits per heavy atom. The van der Waals surface area contributed by atoms with Gasteiger partial charge in [-0.25, -0.2) is 0 Å². The van der Waals surface area contributed by atoms with Gasteiger partial charge >= 0.3 is 5.82 Å². The molecule has 8 nitrogen and oxygen atoms in total. The fourth-order valence-electron chi connectivity index (χ4n) is 2.76. The molecule has 24 heavy (non-hydrogen) atoms. The number of aromatic nitrogens is 2. The van der Waals surface area contributed by atoms with E-state index in [1.807, 2.05) is 13.1 Å². The Hall–Kier alpha value is -2.61. The van der Waals surface area contributed by atoms with Gasteiger partial charge in [0.25, 0.3) is 0 Å². The SMILES string of the molecule is Cc1nc([N+](=O)[O-])cn1CC(=O)N1CCN(C)c2ccc(Cl)cc21. The summed E-state index contributed by atoms with van der Waals surface area (Å²) < 4.78 is 1.49. The van der Waals surface area contributed by atoms with Gasteiger partial charge in [0.05, 0.1) is 11.4 Å². The van der Waals surface area contributed by atoms with Gasteiger partial charge in [-0.2, -0.15) is 0 Å². The molecular weight excluding hydrogens is 334 g/mol. The zero-order chi connectivity index (χ0) is 17.4. The van der Waals surface area contributed by atoms with Crippen molar-refractivity contribution in [3.8, 4) is 0 Å². The monoisotopic (exact) mass is 349 g/mol. The number of carbonyl (C=O) groups is 1. The third-order valence-electron chi connectivity index (χ3n) is 4.06. The van der Waals surface area contributed by atoms with Crippen LogP contribution in [0.1, 0.15) is 5.82 Å². The minimum Gasteiger partial charge on any atom is -0.371 e. The lowest BCUT2D eigenvalue weighted by atomic mass is 10.1. The first-order valence-electron chi connectivity index (χ1n) is 7.36. The summed E-state index contributed by atoms with van der Waals surface area (Å²) in [6, 6.07) is 5.42. The number of nitrogens with zero attached hydrogens (tertiary/aromatic N) is 5. The van der Waals surface area contributed by atoms with Gasteiger partial charge in [-0.3, -0.25) is 9.36 Å². The summed E-state index contributed by atoms with van der Waals surface area (Å²) in [5.41, 5.74) is 1.67. The number of likely N-dealkylation sites (N-methyl/N-ethyl adjacent to an activating group) is 1. The molecule has 0 aliphatic carbocycles. The molecule has 9 heteroatoms. The number of rotatable bonds is 3. The molecule has 0 saturated carbocycles. The van der Waals surface area contributed by atoms with Crippen molar-refractivity contribution < 1.29 is 9.72 Å². The number of hydrogen-bond acceptors (Lipinski definition) is 5. The highest BCUT2D eigenvalue weighted by molar-refractivity contribution is 6.31. The van der Waals surface area contributed by atoms with Crippen LogP contribution in [0.2, 0.25) is 5.02 Å². The molecule has 126 valence electrons. The molecule has 0 spiro atoms. The second-order valence-electron chi connectivity index (χ2n) is 5.63.